The van der Waals surface area contributed by atoms with Crippen molar-refractivity contribution in [2.45, 2.75) is 97.6 Å². The van der Waals surface area contributed by atoms with Crippen molar-refractivity contribution in [2.75, 3.05) is 0 Å². The Morgan fingerprint density at radius 2 is 0.810 bits per heavy atom. The van der Waals surface area contributed by atoms with Crippen molar-refractivity contribution in [3.63, 3.8) is 0 Å². The fraction of sp³-hybridized carbons (Fsp3) is 0.789. The summed E-state index contributed by atoms with van der Waals surface area (Å²) in [7, 11) is 0. The van der Waals surface area contributed by atoms with Crippen molar-refractivity contribution in [1.29, 1.82) is 0 Å². The van der Waals surface area contributed by atoms with Crippen molar-refractivity contribution in [3.8, 4) is 0 Å². The summed E-state index contributed by atoms with van der Waals surface area (Å²) in [5.74, 6) is 0. The van der Waals surface area contributed by atoms with Crippen LogP contribution in [0.4, 0.5) is 0 Å². The zero-order valence-corrected chi connectivity index (χ0v) is 14.4. The molecule has 0 saturated heterocycles. The third kappa shape index (κ3) is 9.60. The molecule has 0 unspecified atom stereocenters. The Hall–Kier alpha value is -0.920. The molecule has 0 radical (unpaired) electrons. The predicted octanol–water partition coefficient (Wildman–Crippen LogP) is 4.59. The molecule has 1 aromatic rings. The zero-order chi connectivity index (χ0) is 15.2. The molecular weight excluding hydrogens is 256 g/mol. The number of rotatable bonds is 13. The summed E-state index contributed by atoms with van der Waals surface area (Å²) in [6, 6.07) is 0. The van der Waals surface area contributed by atoms with Crippen LogP contribution in [0.15, 0.2) is 24.8 Å². The molecule has 0 bridgehead atoms. The van der Waals surface area contributed by atoms with Gasteiger partial charge in [0.1, 0.15) is 13.1 Å². The van der Waals surface area contributed by atoms with E-state index in [0.717, 1.165) is 0 Å². The SMILES string of the molecule is CCCCCCCC[n+]1cc[n+](CCCCCCC)cc1. The van der Waals surface area contributed by atoms with Gasteiger partial charge in [-0.05, 0) is 12.8 Å². The molecule has 0 aliphatic heterocycles. The first-order chi connectivity index (χ1) is 10.4. The Bertz CT molecular complexity index is 332. The molecule has 0 aliphatic rings. The maximum Gasteiger partial charge on any atom is 0.233 e. The zero-order valence-electron chi connectivity index (χ0n) is 14.4. The third-order valence-corrected chi connectivity index (χ3v) is 4.19. The van der Waals surface area contributed by atoms with Crippen LogP contribution in [0.1, 0.15) is 84.5 Å². The van der Waals surface area contributed by atoms with Crippen LogP contribution in [-0.4, -0.2) is 0 Å². The second-order valence-electron chi connectivity index (χ2n) is 6.25. The van der Waals surface area contributed by atoms with Crippen LogP contribution in [0.3, 0.4) is 0 Å². The molecule has 0 amide bonds. The molecule has 0 aliphatic carbocycles. The van der Waals surface area contributed by atoms with Crippen molar-refractivity contribution in [3.05, 3.63) is 24.8 Å². The van der Waals surface area contributed by atoms with E-state index in [0.29, 0.717) is 0 Å². The Morgan fingerprint density at radius 3 is 1.19 bits per heavy atom. The third-order valence-electron chi connectivity index (χ3n) is 4.19. The molecule has 0 saturated carbocycles. The molecule has 0 spiro atoms. The molecule has 0 fully saturated rings. The summed E-state index contributed by atoms with van der Waals surface area (Å²) in [5, 5.41) is 0. The van der Waals surface area contributed by atoms with Gasteiger partial charge < -0.3 is 0 Å². The lowest BCUT2D eigenvalue weighted by Gasteiger charge is -1.99. The molecule has 1 rings (SSSR count). The van der Waals surface area contributed by atoms with E-state index in [-0.39, 0.29) is 0 Å². The minimum absolute atomic E-state index is 1.17. The summed E-state index contributed by atoms with van der Waals surface area (Å²) in [4.78, 5) is 0. The first-order valence-electron chi connectivity index (χ1n) is 9.25. The Labute approximate surface area is 132 Å². The number of hydrogen-bond acceptors (Lipinski definition) is 0. The van der Waals surface area contributed by atoms with Crippen LogP contribution >= 0.6 is 0 Å². The largest absolute Gasteiger partial charge is 0.233 e. The van der Waals surface area contributed by atoms with Crippen molar-refractivity contribution < 1.29 is 9.13 Å². The lowest BCUT2D eigenvalue weighted by Crippen LogP contribution is -2.41. The summed E-state index contributed by atoms with van der Waals surface area (Å²) < 4.78 is 4.65. The second-order valence-corrected chi connectivity index (χ2v) is 6.25. The van der Waals surface area contributed by atoms with Crippen LogP contribution < -0.4 is 9.13 Å². The standard InChI is InChI=1S/C19H36N2/c1-3-5-7-9-11-13-15-21-18-16-20(17-19-21)14-12-10-8-6-4-2/h16-19H,3-15H2,1-2H3/q+2. The minimum atomic E-state index is 1.17. The Kier molecular flexibility index (Phi) is 11.0. The topological polar surface area (TPSA) is 7.76 Å². The Morgan fingerprint density at radius 1 is 0.476 bits per heavy atom. The Balaban J connectivity index is 2.09. The molecule has 2 heteroatoms. The average Bonchev–Trinajstić information content (AvgIpc) is 2.52. The van der Waals surface area contributed by atoms with E-state index in [1.54, 1.807) is 0 Å². The number of aryl methyl sites for hydroxylation is 2. The van der Waals surface area contributed by atoms with Gasteiger partial charge in [0.05, 0.1) is 0 Å². The van der Waals surface area contributed by atoms with E-state index < -0.39 is 0 Å². The molecule has 120 valence electrons. The van der Waals surface area contributed by atoms with Crippen LogP contribution in [0.25, 0.3) is 0 Å². The van der Waals surface area contributed by atoms with E-state index in [9.17, 15) is 0 Å². The molecule has 1 aromatic heterocycles. The van der Waals surface area contributed by atoms with E-state index in [4.69, 9.17) is 0 Å². The van der Waals surface area contributed by atoms with Crippen LogP contribution in [0.2, 0.25) is 0 Å². The van der Waals surface area contributed by atoms with Gasteiger partial charge in [-0.3, -0.25) is 0 Å². The first kappa shape index (κ1) is 18.1. The van der Waals surface area contributed by atoms with Crippen LogP contribution in [0.5, 0.6) is 0 Å². The molecule has 1 heterocycles. The van der Waals surface area contributed by atoms with E-state index in [1.165, 1.54) is 83.7 Å². The van der Waals surface area contributed by atoms with Gasteiger partial charge in [-0.15, -0.1) is 0 Å². The van der Waals surface area contributed by atoms with E-state index in [1.807, 2.05) is 0 Å². The first-order valence-corrected chi connectivity index (χ1v) is 9.25. The van der Waals surface area contributed by atoms with E-state index >= 15 is 0 Å². The summed E-state index contributed by atoms with van der Waals surface area (Å²) in [6.07, 6.45) is 24.0. The molecule has 0 N–H and O–H groups in total. The fourth-order valence-corrected chi connectivity index (χ4v) is 2.71. The average molecular weight is 293 g/mol. The predicted molar refractivity (Wildman–Crippen MR) is 89.0 cm³/mol. The van der Waals surface area contributed by atoms with Gasteiger partial charge in [0.2, 0.25) is 24.8 Å². The molecule has 2 nitrogen and oxygen atoms in total. The normalized spacial score (nSPS) is 11.0. The highest BCUT2D eigenvalue weighted by molar-refractivity contribution is 4.54. The summed E-state index contributed by atoms with van der Waals surface area (Å²) in [5.41, 5.74) is 0. The van der Waals surface area contributed by atoms with Gasteiger partial charge >= 0.3 is 0 Å². The van der Waals surface area contributed by atoms with Gasteiger partial charge in [-0.1, -0.05) is 58.8 Å². The van der Waals surface area contributed by atoms with Crippen molar-refractivity contribution in [1.82, 2.24) is 0 Å². The highest BCUT2D eigenvalue weighted by atomic mass is 15.0. The number of hydrogen-bond donors (Lipinski definition) is 0. The van der Waals surface area contributed by atoms with Crippen molar-refractivity contribution >= 4 is 0 Å². The lowest BCUT2D eigenvalue weighted by atomic mass is 10.1. The van der Waals surface area contributed by atoms with Gasteiger partial charge in [-0.2, -0.15) is 9.13 Å². The lowest BCUT2D eigenvalue weighted by molar-refractivity contribution is -0.751. The summed E-state index contributed by atoms with van der Waals surface area (Å²) >= 11 is 0. The maximum atomic E-state index is 2.33. The van der Waals surface area contributed by atoms with E-state index in [2.05, 4.69) is 47.8 Å². The molecule has 0 aromatic carbocycles. The van der Waals surface area contributed by atoms with Crippen LogP contribution in [0, 0.1) is 0 Å². The second kappa shape index (κ2) is 12.8. The van der Waals surface area contributed by atoms with Gasteiger partial charge in [-0.25, -0.2) is 0 Å². The van der Waals surface area contributed by atoms with Gasteiger partial charge in [0.15, 0.2) is 0 Å². The van der Waals surface area contributed by atoms with Crippen molar-refractivity contribution in [2.24, 2.45) is 0 Å². The molecule has 21 heavy (non-hydrogen) atoms. The molecule has 0 atom stereocenters. The smallest absolute Gasteiger partial charge is 0.195 e. The monoisotopic (exact) mass is 292 g/mol. The maximum absolute atomic E-state index is 2.33. The van der Waals surface area contributed by atoms with Gasteiger partial charge in [0, 0.05) is 12.8 Å². The van der Waals surface area contributed by atoms with Gasteiger partial charge in [0.25, 0.3) is 0 Å². The fourth-order valence-electron chi connectivity index (χ4n) is 2.71. The minimum Gasteiger partial charge on any atom is -0.195 e. The highest BCUT2D eigenvalue weighted by Crippen LogP contribution is 2.04. The number of aromatic nitrogens is 2. The number of nitrogens with zero attached hydrogens (tertiary/aromatic N) is 2. The highest BCUT2D eigenvalue weighted by Gasteiger charge is 2.05. The van der Waals surface area contributed by atoms with Crippen LogP contribution in [-0.2, 0) is 13.1 Å². The summed E-state index contributed by atoms with van der Waals surface area (Å²) in [6.45, 7) is 6.89. The number of unbranched alkanes of at least 4 members (excludes halogenated alkanes) is 9. The quantitative estimate of drug-likeness (QED) is 0.371. The molecular formula is C19H36N2+2.